The standard InChI is InChI=1S/C15H14FNO3/c1-10-4-3-5-11(2)15(10)20-9-12-6-7-14(17(18)19)13(16)8-12/h3-8H,9H2,1-2H3. The lowest BCUT2D eigenvalue weighted by atomic mass is 10.1. The highest BCUT2D eigenvalue weighted by Gasteiger charge is 2.14. The summed E-state index contributed by atoms with van der Waals surface area (Å²) in [7, 11) is 0. The Bertz CT molecular complexity index is 635. The minimum atomic E-state index is -0.849. The summed E-state index contributed by atoms with van der Waals surface area (Å²) in [6.07, 6.45) is 0. The number of rotatable bonds is 4. The van der Waals surface area contributed by atoms with Crippen molar-refractivity contribution in [3.05, 3.63) is 69.0 Å². The second-order valence-corrected chi connectivity index (χ2v) is 4.55. The molecule has 104 valence electrons. The van der Waals surface area contributed by atoms with E-state index >= 15 is 0 Å². The lowest BCUT2D eigenvalue weighted by Crippen LogP contribution is -2.00. The molecule has 0 atom stereocenters. The van der Waals surface area contributed by atoms with Crippen LogP contribution in [0.25, 0.3) is 0 Å². The molecule has 0 aromatic heterocycles. The van der Waals surface area contributed by atoms with Crippen LogP contribution in [-0.2, 0) is 6.61 Å². The number of hydrogen-bond donors (Lipinski definition) is 0. The van der Waals surface area contributed by atoms with Gasteiger partial charge in [-0.15, -0.1) is 0 Å². The fraction of sp³-hybridized carbons (Fsp3) is 0.200. The number of para-hydroxylation sites is 1. The Morgan fingerprint density at radius 3 is 2.40 bits per heavy atom. The van der Waals surface area contributed by atoms with Crippen LogP contribution in [0.3, 0.4) is 0 Å². The number of halogens is 1. The molecule has 4 nitrogen and oxygen atoms in total. The van der Waals surface area contributed by atoms with Gasteiger partial charge < -0.3 is 4.74 Å². The number of benzene rings is 2. The van der Waals surface area contributed by atoms with Crippen LogP contribution in [0.15, 0.2) is 36.4 Å². The largest absolute Gasteiger partial charge is 0.488 e. The van der Waals surface area contributed by atoms with Crippen LogP contribution < -0.4 is 4.74 Å². The molecule has 0 saturated heterocycles. The Balaban J connectivity index is 2.16. The first kappa shape index (κ1) is 14.0. The monoisotopic (exact) mass is 275 g/mol. The van der Waals surface area contributed by atoms with Crippen LogP contribution in [0.4, 0.5) is 10.1 Å². The molecule has 0 aliphatic rings. The van der Waals surface area contributed by atoms with E-state index in [0.717, 1.165) is 29.0 Å². The molecule has 0 spiro atoms. The summed E-state index contributed by atoms with van der Waals surface area (Å²) in [4.78, 5) is 9.79. The predicted molar refractivity (Wildman–Crippen MR) is 73.3 cm³/mol. The molecule has 0 heterocycles. The summed E-state index contributed by atoms with van der Waals surface area (Å²) >= 11 is 0. The van der Waals surface area contributed by atoms with E-state index in [4.69, 9.17) is 4.74 Å². The topological polar surface area (TPSA) is 52.4 Å². The van der Waals surface area contributed by atoms with E-state index in [-0.39, 0.29) is 6.61 Å². The van der Waals surface area contributed by atoms with Crippen LogP contribution in [0.5, 0.6) is 5.75 Å². The number of nitro groups is 1. The van der Waals surface area contributed by atoms with Crippen molar-refractivity contribution in [2.75, 3.05) is 0 Å². The average Bonchev–Trinajstić information content (AvgIpc) is 2.37. The van der Waals surface area contributed by atoms with E-state index in [1.165, 1.54) is 6.07 Å². The third kappa shape index (κ3) is 2.93. The van der Waals surface area contributed by atoms with Crippen molar-refractivity contribution in [3.63, 3.8) is 0 Å². The van der Waals surface area contributed by atoms with Crippen molar-refractivity contribution in [1.29, 1.82) is 0 Å². The zero-order chi connectivity index (χ0) is 14.7. The van der Waals surface area contributed by atoms with E-state index < -0.39 is 16.4 Å². The van der Waals surface area contributed by atoms with Crippen LogP contribution in [0.1, 0.15) is 16.7 Å². The maximum Gasteiger partial charge on any atom is 0.304 e. The third-order valence-corrected chi connectivity index (χ3v) is 3.00. The summed E-state index contributed by atoms with van der Waals surface area (Å²) in [5.74, 6) is -0.0936. The van der Waals surface area contributed by atoms with Crippen molar-refractivity contribution in [2.24, 2.45) is 0 Å². The van der Waals surface area contributed by atoms with Gasteiger partial charge >= 0.3 is 5.69 Å². The highest BCUT2D eigenvalue weighted by molar-refractivity contribution is 5.40. The molecule has 2 aromatic rings. The normalized spacial score (nSPS) is 10.3. The zero-order valence-corrected chi connectivity index (χ0v) is 11.2. The Hall–Kier alpha value is -2.43. The molecule has 0 aliphatic carbocycles. The predicted octanol–water partition coefficient (Wildman–Crippen LogP) is 3.93. The number of hydrogen-bond acceptors (Lipinski definition) is 3. The molecular weight excluding hydrogens is 261 g/mol. The molecule has 0 fully saturated rings. The molecule has 0 bridgehead atoms. The van der Waals surface area contributed by atoms with Crippen molar-refractivity contribution < 1.29 is 14.1 Å². The van der Waals surface area contributed by atoms with Crippen LogP contribution in [-0.4, -0.2) is 4.92 Å². The molecule has 0 N–H and O–H groups in total. The van der Waals surface area contributed by atoms with Gasteiger partial charge in [0.2, 0.25) is 5.82 Å². The Labute approximate surface area is 116 Å². The maximum atomic E-state index is 13.5. The van der Waals surface area contributed by atoms with Gasteiger partial charge in [-0.3, -0.25) is 10.1 Å². The molecule has 0 saturated carbocycles. The van der Waals surface area contributed by atoms with Gasteiger partial charge in [0.1, 0.15) is 12.4 Å². The minimum absolute atomic E-state index is 0.167. The van der Waals surface area contributed by atoms with Gasteiger partial charge in [-0.25, -0.2) is 0 Å². The van der Waals surface area contributed by atoms with E-state index in [2.05, 4.69) is 0 Å². The summed E-state index contributed by atoms with van der Waals surface area (Å²) < 4.78 is 19.2. The van der Waals surface area contributed by atoms with Crippen LogP contribution >= 0.6 is 0 Å². The summed E-state index contributed by atoms with van der Waals surface area (Å²) in [6.45, 7) is 4.03. The van der Waals surface area contributed by atoms with Gasteiger partial charge in [-0.05, 0) is 42.7 Å². The summed E-state index contributed by atoms with van der Waals surface area (Å²) in [5.41, 5.74) is 2.01. The first-order valence-electron chi connectivity index (χ1n) is 6.11. The van der Waals surface area contributed by atoms with Crippen molar-refractivity contribution >= 4 is 5.69 Å². The SMILES string of the molecule is Cc1cccc(C)c1OCc1ccc([N+](=O)[O-])c(F)c1. The van der Waals surface area contributed by atoms with Crippen molar-refractivity contribution in [2.45, 2.75) is 20.5 Å². The average molecular weight is 275 g/mol. The van der Waals surface area contributed by atoms with Crippen LogP contribution in [0.2, 0.25) is 0 Å². The van der Waals surface area contributed by atoms with Gasteiger partial charge in [0.25, 0.3) is 0 Å². The Morgan fingerprint density at radius 1 is 1.20 bits per heavy atom. The molecule has 0 radical (unpaired) electrons. The van der Waals surface area contributed by atoms with E-state index in [0.29, 0.717) is 5.56 Å². The maximum absolute atomic E-state index is 13.5. The second-order valence-electron chi connectivity index (χ2n) is 4.55. The number of ether oxygens (including phenoxy) is 1. The fourth-order valence-corrected chi connectivity index (χ4v) is 1.97. The van der Waals surface area contributed by atoms with E-state index in [1.807, 2.05) is 32.0 Å². The highest BCUT2D eigenvalue weighted by Crippen LogP contribution is 2.24. The first-order chi connectivity index (χ1) is 9.49. The van der Waals surface area contributed by atoms with Crippen molar-refractivity contribution in [3.8, 4) is 5.75 Å². The van der Waals surface area contributed by atoms with E-state index in [9.17, 15) is 14.5 Å². The smallest absolute Gasteiger partial charge is 0.304 e. The lowest BCUT2D eigenvalue weighted by Gasteiger charge is -2.11. The van der Waals surface area contributed by atoms with Gasteiger partial charge in [0, 0.05) is 6.07 Å². The lowest BCUT2D eigenvalue weighted by molar-refractivity contribution is -0.387. The molecular formula is C15H14FNO3. The molecule has 5 heteroatoms. The second kappa shape index (κ2) is 5.69. The number of nitro benzene ring substituents is 1. The number of aryl methyl sites for hydroxylation is 2. The molecule has 2 aromatic carbocycles. The van der Waals surface area contributed by atoms with Crippen LogP contribution in [0, 0.1) is 29.8 Å². The molecule has 20 heavy (non-hydrogen) atoms. The Kier molecular flexibility index (Phi) is 3.98. The highest BCUT2D eigenvalue weighted by atomic mass is 19.1. The van der Waals surface area contributed by atoms with Gasteiger partial charge in [0.15, 0.2) is 0 Å². The first-order valence-corrected chi connectivity index (χ1v) is 6.11. The minimum Gasteiger partial charge on any atom is -0.488 e. The molecule has 0 amide bonds. The van der Waals surface area contributed by atoms with Gasteiger partial charge in [-0.1, -0.05) is 18.2 Å². The van der Waals surface area contributed by atoms with Gasteiger partial charge in [-0.2, -0.15) is 4.39 Å². The molecule has 0 unspecified atom stereocenters. The fourth-order valence-electron chi connectivity index (χ4n) is 1.97. The molecule has 2 rings (SSSR count). The summed E-state index contributed by atoms with van der Waals surface area (Å²) in [6, 6.07) is 9.57. The third-order valence-electron chi connectivity index (χ3n) is 3.00. The zero-order valence-electron chi connectivity index (χ0n) is 11.2. The molecule has 0 aliphatic heterocycles. The number of nitrogens with zero attached hydrogens (tertiary/aromatic N) is 1. The van der Waals surface area contributed by atoms with Gasteiger partial charge in [0.05, 0.1) is 4.92 Å². The summed E-state index contributed by atoms with van der Waals surface area (Å²) in [5, 5.41) is 10.5. The van der Waals surface area contributed by atoms with E-state index in [1.54, 1.807) is 0 Å². The quantitative estimate of drug-likeness (QED) is 0.627. The van der Waals surface area contributed by atoms with Crippen molar-refractivity contribution in [1.82, 2.24) is 0 Å². The Morgan fingerprint density at radius 2 is 1.85 bits per heavy atom.